The quantitative estimate of drug-likeness (QED) is 0.207. The smallest absolute Gasteiger partial charge is 0.469 e. The Bertz CT molecular complexity index is 477. The van der Waals surface area contributed by atoms with Gasteiger partial charge in [-0.3, -0.25) is 4.52 Å². The topological polar surface area (TPSA) is 183 Å². The van der Waals surface area contributed by atoms with E-state index >= 15 is 0 Å². The molecule has 6 N–H and O–H groups in total. The molecule has 1 unspecified atom stereocenters. The number of rotatable bonds is 8. The Hall–Kier alpha value is -0.880. The summed E-state index contributed by atoms with van der Waals surface area (Å²) in [5, 5.41) is 38.0. The van der Waals surface area contributed by atoms with E-state index in [1.54, 1.807) is 0 Å². The monoisotopic (exact) mass is 358 g/mol. The van der Waals surface area contributed by atoms with Crippen molar-refractivity contribution >= 4 is 13.8 Å². The average Bonchev–Trinajstić information content (AvgIpc) is 2.45. The summed E-state index contributed by atoms with van der Waals surface area (Å²) in [5.74, 6) is -4.12. The molecule has 0 amide bonds. The van der Waals surface area contributed by atoms with E-state index in [9.17, 15) is 24.7 Å². The van der Waals surface area contributed by atoms with Gasteiger partial charge in [0.2, 0.25) is 0 Å². The summed E-state index contributed by atoms with van der Waals surface area (Å²) in [4.78, 5) is 29.2. The van der Waals surface area contributed by atoms with Crippen molar-refractivity contribution in [2.75, 3.05) is 13.2 Å². The Morgan fingerprint density at radius 1 is 1.52 bits per heavy atom. The summed E-state index contributed by atoms with van der Waals surface area (Å²) in [5.41, 5.74) is 0. The summed E-state index contributed by atoms with van der Waals surface area (Å²) < 4.78 is 25.5. The highest BCUT2D eigenvalue weighted by molar-refractivity contribution is 7.46. The normalized spacial score (nSPS) is 33.2. The molecule has 23 heavy (non-hydrogen) atoms. The number of phosphoric ester groups is 1. The van der Waals surface area contributed by atoms with Crippen LogP contribution in [0.2, 0.25) is 0 Å². The molecule has 12 heteroatoms. The minimum Gasteiger partial charge on any atom is -0.477 e. The molecule has 1 aliphatic heterocycles. The highest BCUT2D eigenvalue weighted by Crippen LogP contribution is 2.44. The summed E-state index contributed by atoms with van der Waals surface area (Å²) >= 11 is 0. The van der Waals surface area contributed by atoms with Crippen molar-refractivity contribution in [3.63, 3.8) is 0 Å². The number of carboxylic acids is 1. The molecule has 1 saturated heterocycles. The minimum atomic E-state index is -5.08. The number of phosphoric acid groups is 1. The molecule has 0 aliphatic carbocycles. The van der Waals surface area contributed by atoms with Crippen LogP contribution in [0.1, 0.15) is 6.42 Å². The van der Waals surface area contributed by atoms with Crippen LogP contribution in [0.3, 0.4) is 0 Å². The molecule has 0 saturated carbocycles. The number of aliphatic hydroxyl groups excluding tert-OH is 3. The Morgan fingerprint density at radius 2 is 2.13 bits per heavy atom. The maximum absolute atomic E-state index is 11.5. The van der Waals surface area contributed by atoms with Crippen molar-refractivity contribution in [2.24, 2.45) is 0 Å². The van der Waals surface area contributed by atoms with E-state index in [-0.39, 0.29) is 6.61 Å². The van der Waals surface area contributed by atoms with Crippen LogP contribution < -0.4 is 0 Å². The zero-order valence-corrected chi connectivity index (χ0v) is 12.8. The van der Waals surface area contributed by atoms with E-state index in [0.717, 1.165) is 0 Å². The molecule has 0 bridgehead atoms. The maximum Gasteiger partial charge on any atom is 0.469 e. The molecule has 5 atom stereocenters. The van der Waals surface area contributed by atoms with Crippen LogP contribution in [0.4, 0.5) is 0 Å². The van der Waals surface area contributed by atoms with Gasteiger partial charge in [0, 0.05) is 6.42 Å². The second-order valence-electron chi connectivity index (χ2n) is 4.82. The third kappa shape index (κ3) is 5.05. The van der Waals surface area contributed by atoms with Gasteiger partial charge >= 0.3 is 13.8 Å². The fourth-order valence-electron chi connectivity index (χ4n) is 2.11. The van der Waals surface area contributed by atoms with Crippen molar-refractivity contribution in [1.82, 2.24) is 0 Å². The van der Waals surface area contributed by atoms with Crippen molar-refractivity contribution in [2.45, 2.75) is 36.6 Å². The first kappa shape index (κ1) is 20.2. The molecule has 0 aromatic heterocycles. The third-order valence-electron chi connectivity index (χ3n) is 3.11. The molecule has 0 spiro atoms. The summed E-state index contributed by atoms with van der Waals surface area (Å²) in [6.07, 6.45) is -6.56. The van der Waals surface area contributed by atoms with E-state index in [2.05, 4.69) is 11.1 Å². The number of hydrogen-bond acceptors (Lipinski definition) is 8. The number of hydrogen-bond donors (Lipinski definition) is 6. The SMILES string of the molecule is C=CCO[C@]1(C(=O)O)C[C@@H](OP(=O)(O)O)[C@@H](O)[C@@H](C(O)CO)O1. The molecule has 1 fully saturated rings. The van der Waals surface area contributed by atoms with E-state index in [1.165, 1.54) is 6.08 Å². The zero-order chi connectivity index (χ0) is 17.8. The number of carbonyl (C=O) groups is 1. The van der Waals surface area contributed by atoms with E-state index in [1.807, 2.05) is 0 Å². The molecule has 1 aliphatic rings. The standard InChI is InChI=1S/C11H19O11P/c1-2-3-20-11(10(15)16)4-7(22-23(17,18)19)8(14)9(21-11)6(13)5-12/h2,6-9,12-14H,1,3-5H2,(H,15,16)(H2,17,18,19)/t6?,7-,8-,9-,11-/m1/s1. The van der Waals surface area contributed by atoms with Gasteiger partial charge in [-0.15, -0.1) is 6.58 Å². The van der Waals surface area contributed by atoms with Gasteiger partial charge in [-0.05, 0) is 0 Å². The number of ether oxygens (including phenoxy) is 2. The van der Waals surface area contributed by atoms with Crippen molar-refractivity contribution in [3.8, 4) is 0 Å². The van der Waals surface area contributed by atoms with Gasteiger partial charge in [0.05, 0.1) is 13.2 Å². The van der Waals surface area contributed by atoms with Crippen molar-refractivity contribution in [1.29, 1.82) is 0 Å². The van der Waals surface area contributed by atoms with Gasteiger partial charge in [-0.25, -0.2) is 9.36 Å². The molecule has 1 heterocycles. The van der Waals surface area contributed by atoms with Gasteiger partial charge in [0.15, 0.2) is 0 Å². The minimum absolute atomic E-state index is 0.299. The summed E-state index contributed by atoms with van der Waals surface area (Å²) in [6.45, 7) is 2.13. The molecule has 0 aromatic rings. The van der Waals surface area contributed by atoms with Gasteiger partial charge in [0.1, 0.15) is 24.4 Å². The van der Waals surface area contributed by atoms with Crippen LogP contribution in [0.15, 0.2) is 12.7 Å². The summed E-state index contributed by atoms with van der Waals surface area (Å²) in [7, 11) is -5.08. The first-order valence-corrected chi connectivity index (χ1v) is 7.96. The fourth-order valence-corrected chi connectivity index (χ4v) is 2.66. The summed E-state index contributed by atoms with van der Waals surface area (Å²) in [6, 6.07) is 0. The van der Waals surface area contributed by atoms with Gasteiger partial charge < -0.3 is 39.7 Å². The number of carboxylic acid groups (broad SMARTS) is 1. The zero-order valence-electron chi connectivity index (χ0n) is 11.9. The Labute approximate surface area is 131 Å². The molecule has 134 valence electrons. The van der Waals surface area contributed by atoms with Gasteiger partial charge in [-0.2, -0.15) is 0 Å². The van der Waals surface area contributed by atoms with Crippen LogP contribution in [-0.2, 0) is 23.4 Å². The first-order chi connectivity index (χ1) is 10.6. The van der Waals surface area contributed by atoms with Crippen molar-refractivity contribution < 1.29 is 53.6 Å². The van der Waals surface area contributed by atoms with Crippen molar-refractivity contribution in [3.05, 3.63) is 12.7 Å². The van der Waals surface area contributed by atoms with Gasteiger partial charge in [0.25, 0.3) is 5.79 Å². The van der Waals surface area contributed by atoms with Crippen LogP contribution in [0.5, 0.6) is 0 Å². The Morgan fingerprint density at radius 3 is 2.57 bits per heavy atom. The highest BCUT2D eigenvalue weighted by atomic mass is 31.2. The van der Waals surface area contributed by atoms with Gasteiger partial charge in [-0.1, -0.05) is 6.08 Å². The third-order valence-corrected chi connectivity index (χ3v) is 3.66. The molecule has 0 aromatic carbocycles. The van der Waals surface area contributed by atoms with E-state index < -0.39 is 57.0 Å². The highest BCUT2D eigenvalue weighted by Gasteiger charge is 2.56. The van der Waals surface area contributed by atoms with Crippen LogP contribution >= 0.6 is 7.82 Å². The molecular weight excluding hydrogens is 339 g/mol. The van der Waals surface area contributed by atoms with E-state index in [0.29, 0.717) is 0 Å². The molecule has 11 nitrogen and oxygen atoms in total. The lowest BCUT2D eigenvalue weighted by atomic mass is 9.92. The lowest BCUT2D eigenvalue weighted by Gasteiger charge is -2.44. The second kappa shape index (κ2) is 7.79. The van der Waals surface area contributed by atoms with Crippen LogP contribution in [-0.4, -0.2) is 79.6 Å². The fraction of sp³-hybridized carbons (Fsp3) is 0.727. The van der Waals surface area contributed by atoms with E-state index in [4.69, 9.17) is 24.4 Å². The lowest BCUT2D eigenvalue weighted by molar-refractivity contribution is -0.319. The molecule has 0 radical (unpaired) electrons. The predicted octanol–water partition coefficient (Wildman–Crippen LogP) is -2.05. The lowest BCUT2D eigenvalue weighted by Crippen LogP contribution is -2.63. The van der Waals surface area contributed by atoms with Crippen LogP contribution in [0.25, 0.3) is 0 Å². The maximum atomic E-state index is 11.5. The average molecular weight is 358 g/mol. The number of aliphatic hydroxyl groups is 3. The molecular formula is C11H19O11P. The first-order valence-electron chi connectivity index (χ1n) is 6.43. The Kier molecular flexibility index (Phi) is 6.83. The number of aliphatic carboxylic acids is 1. The second-order valence-corrected chi connectivity index (χ2v) is 6.01. The van der Waals surface area contributed by atoms with Crippen LogP contribution in [0, 0.1) is 0 Å². The Balaban J connectivity index is 3.18. The molecule has 1 rings (SSSR count). The predicted molar refractivity (Wildman–Crippen MR) is 72.0 cm³/mol. The largest absolute Gasteiger partial charge is 0.477 e.